The average molecular weight is 436 g/mol. The second-order valence-electron chi connectivity index (χ2n) is 5.69. The zero-order chi connectivity index (χ0) is 20.1. The molecule has 0 atom stereocenters. The van der Waals surface area contributed by atoms with Crippen molar-refractivity contribution in [2.24, 2.45) is 0 Å². The Hall–Kier alpha value is -2.55. The fraction of sp³-hybridized carbons (Fsp3) is 0.111. The predicted octanol–water partition coefficient (Wildman–Crippen LogP) is 4.47. The molecule has 0 fully saturated rings. The Kier molecular flexibility index (Phi) is 6.56. The second kappa shape index (κ2) is 9.09. The highest BCUT2D eigenvalue weighted by atomic mass is 35.5. The highest BCUT2D eigenvalue weighted by molar-refractivity contribution is 7.99. The van der Waals surface area contributed by atoms with Gasteiger partial charge in [-0.15, -0.1) is 5.10 Å². The molecule has 1 aromatic heterocycles. The van der Waals surface area contributed by atoms with Crippen LogP contribution in [0.4, 0.5) is 11.4 Å². The minimum atomic E-state index is -0.236. The van der Waals surface area contributed by atoms with Gasteiger partial charge in [0.1, 0.15) is 0 Å². The summed E-state index contributed by atoms with van der Waals surface area (Å²) in [7, 11) is 0. The number of anilines is 2. The van der Waals surface area contributed by atoms with Gasteiger partial charge in [0.2, 0.25) is 17.0 Å². The Morgan fingerprint density at radius 1 is 1.11 bits per heavy atom. The molecule has 0 radical (unpaired) electrons. The van der Waals surface area contributed by atoms with E-state index < -0.39 is 0 Å². The highest BCUT2D eigenvalue weighted by Gasteiger charge is 2.11. The highest BCUT2D eigenvalue weighted by Crippen LogP contribution is 2.26. The van der Waals surface area contributed by atoms with E-state index in [-0.39, 0.29) is 17.6 Å². The van der Waals surface area contributed by atoms with E-state index in [2.05, 4.69) is 25.8 Å². The van der Waals surface area contributed by atoms with Crippen LogP contribution in [0.1, 0.15) is 6.92 Å². The van der Waals surface area contributed by atoms with Crippen LogP contribution in [0.2, 0.25) is 10.0 Å². The van der Waals surface area contributed by atoms with Crippen molar-refractivity contribution >= 4 is 58.2 Å². The SMILES string of the molecule is CC(=O)Nc1ccc(-c2nc(SCC(=O)Nc3ccc(Cl)cc3Cl)n[nH]2)cc1. The minimum Gasteiger partial charge on any atom is -0.326 e. The van der Waals surface area contributed by atoms with Gasteiger partial charge in [-0.05, 0) is 42.5 Å². The summed E-state index contributed by atoms with van der Waals surface area (Å²) in [5.74, 6) is 0.320. The number of aromatic amines is 1. The summed E-state index contributed by atoms with van der Waals surface area (Å²) in [6, 6.07) is 12.0. The molecule has 2 amide bonds. The third kappa shape index (κ3) is 5.48. The molecule has 0 spiro atoms. The number of thioether (sulfide) groups is 1. The van der Waals surface area contributed by atoms with Crippen molar-refractivity contribution in [3.8, 4) is 11.4 Å². The van der Waals surface area contributed by atoms with Crippen molar-refractivity contribution in [2.75, 3.05) is 16.4 Å². The van der Waals surface area contributed by atoms with E-state index in [1.165, 1.54) is 18.7 Å². The summed E-state index contributed by atoms with van der Waals surface area (Å²) in [6.45, 7) is 1.45. The standard InChI is InChI=1S/C18H15Cl2N5O2S/c1-10(26)21-13-5-2-11(3-6-13)17-23-18(25-24-17)28-9-16(27)22-15-7-4-12(19)8-14(15)20/h2-8H,9H2,1H3,(H,21,26)(H,22,27)(H,23,24,25). The summed E-state index contributed by atoms with van der Waals surface area (Å²) in [6.07, 6.45) is 0. The fourth-order valence-electron chi connectivity index (χ4n) is 2.26. The first kappa shape index (κ1) is 20.2. The number of H-pyrrole nitrogens is 1. The lowest BCUT2D eigenvalue weighted by atomic mass is 10.2. The molecule has 144 valence electrons. The number of nitrogens with one attached hydrogen (secondary N) is 3. The molecule has 1 heterocycles. The molecular formula is C18H15Cl2N5O2S. The Balaban J connectivity index is 1.57. The van der Waals surface area contributed by atoms with Crippen LogP contribution in [0.5, 0.6) is 0 Å². The van der Waals surface area contributed by atoms with Crippen molar-refractivity contribution in [2.45, 2.75) is 12.1 Å². The van der Waals surface area contributed by atoms with Crippen LogP contribution in [0.3, 0.4) is 0 Å². The van der Waals surface area contributed by atoms with Gasteiger partial charge in [0.15, 0.2) is 5.82 Å². The number of benzene rings is 2. The molecule has 0 bridgehead atoms. The first-order valence-corrected chi connectivity index (χ1v) is 9.83. The lowest BCUT2D eigenvalue weighted by Gasteiger charge is -2.06. The van der Waals surface area contributed by atoms with Crippen molar-refractivity contribution in [3.05, 3.63) is 52.5 Å². The van der Waals surface area contributed by atoms with E-state index in [1.54, 1.807) is 30.3 Å². The van der Waals surface area contributed by atoms with Crippen LogP contribution >= 0.6 is 35.0 Å². The topological polar surface area (TPSA) is 99.8 Å². The third-order valence-corrected chi connectivity index (χ3v) is 4.88. The van der Waals surface area contributed by atoms with Gasteiger partial charge < -0.3 is 10.6 Å². The maximum atomic E-state index is 12.1. The lowest BCUT2D eigenvalue weighted by Crippen LogP contribution is -2.14. The summed E-state index contributed by atoms with van der Waals surface area (Å²) in [4.78, 5) is 27.5. The van der Waals surface area contributed by atoms with Crippen LogP contribution in [-0.4, -0.2) is 32.7 Å². The number of carbonyl (C=O) groups is 2. The Morgan fingerprint density at radius 2 is 1.86 bits per heavy atom. The van der Waals surface area contributed by atoms with Crippen molar-refractivity contribution in [3.63, 3.8) is 0 Å². The van der Waals surface area contributed by atoms with Gasteiger partial charge in [-0.3, -0.25) is 14.7 Å². The van der Waals surface area contributed by atoms with Gasteiger partial charge in [0, 0.05) is 23.2 Å². The molecule has 3 N–H and O–H groups in total. The first-order valence-electron chi connectivity index (χ1n) is 8.09. The molecule has 0 saturated heterocycles. The molecule has 28 heavy (non-hydrogen) atoms. The van der Waals surface area contributed by atoms with E-state index in [1.807, 2.05) is 12.1 Å². The van der Waals surface area contributed by atoms with Gasteiger partial charge in [0.05, 0.1) is 16.5 Å². The summed E-state index contributed by atoms with van der Waals surface area (Å²) in [5.41, 5.74) is 2.00. The lowest BCUT2D eigenvalue weighted by molar-refractivity contribution is -0.114. The molecular weight excluding hydrogens is 421 g/mol. The largest absolute Gasteiger partial charge is 0.326 e. The van der Waals surface area contributed by atoms with Gasteiger partial charge in [-0.2, -0.15) is 0 Å². The maximum absolute atomic E-state index is 12.1. The van der Waals surface area contributed by atoms with Crippen LogP contribution in [-0.2, 0) is 9.59 Å². The quantitative estimate of drug-likeness (QED) is 0.496. The van der Waals surface area contributed by atoms with E-state index in [9.17, 15) is 9.59 Å². The monoisotopic (exact) mass is 435 g/mol. The second-order valence-corrected chi connectivity index (χ2v) is 7.47. The number of hydrogen-bond donors (Lipinski definition) is 3. The van der Waals surface area contributed by atoms with Gasteiger partial charge >= 0.3 is 0 Å². The third-order valence-electron chi connectivity index (χ3n) is 3.48. The molecule has 10 heteroatoms. The molecule has 7 nitrogen and oxygen atoms in total. The van der Waals surface area contributed by atoms with E-state index in [0.29, 0.717) is 32.4 Å². The molecule has 3 aromatic rings. The van der Waals surface area contributed by atoms with E-state index >= 15 is 0 Å². The zero-order valence-corrected chi connectivity index (χ0v) is 17.0. The van der Waals surface area contributed by atoms with Crippen molar-refractivity contribution in [1.82, 2.24) is 15.2 Å². The molecule has 0 aliphatic rings. The number of hydrogen-bond acceptors (Lipinski definition) is 5. The summed E-state index contributed by atoms with van der Waals surface area (Å²) >= 11 is 13.1. The van der Waals surface area contributed by atoms with Crippen molar-refractivity contribution in [1.29, 1.82) is 0 Å². The Labute approximate surface area is 175 Å². The summed E-state index contributed by atoms with van der Waals surface area (Å²) < 4.78 is 0. The molecule has 2 aromatic carbocycles. The predicted molar refractivity (Wildman–Crippen MR) is 112 cm³/mol. The maximum Gasteiger partial charge on any atom is 0.234 e. The number of amides is 2. The molecule has 3 rings (SSSR count). The minimum absolute atomic E-state index is 0.123. The Bertz CT molecular complexity index is 1010. The summed E-state index contributed by atoms with van der Waals surface area (Å²) in [5, 5.41) is 13.7. The number of carbonyl (C=O) groups excluding carboxylic acids is 2. The number of halogens is 2. The van der Waals surface area contributed by atoms with E-state index in [0.717, 1.165) is 5.56 Å². The zero-order valence-electron chi connectivity index (χ0n) is 14.6. The van der Waals surface area contributed by atoms with Crippen molar-refractivity contribution < 1.29 is 9.59 Å². The van der Waals surface area contributed by atoms with Gasteiger partial charge in [-0.25, -0.2) is 4.98 Å². The number of rotatable bonds is 6. The first-order chi connectivity index (χ1) is 13.4. The molecule has 0 aliphatic heterocycles. The van der Waals surface area contributed by atoms with Crippen LogP contribution in [0.15, 0.2) is 47.6 Å². The van der Waals surface area contributed by atoms with Crippen LogP contribution in [0.25, 0.3) is 11.4 Å². The molecule has 0 saturated carbocycles. The van der Waals surface area contributed by atoms with Crippen LogP contribution < -0.4 is 10.6 Å². The van der Waals surface area contributed by atoms with Gasteiger partial charge in [0.25, 0.3) is 0 Å². The average Bonchev–Trinajstić information content (AvgIpc) is 3.11. The fourth-order valence-corrected chi connectivity index (χ4v) is 3.32. The number of nitrogens with zero attached hydrogens (tertiary/aromatic N) is 2. The van der Waals surface area contributed by atoms with E-state index in [4.69, 9.17) is 23.2 Å². The Morgan fingerprint density at radius 3 is 2.54 bits per heavy atom. The number of aromatic nitrogens is 3. The normalized spacial score (nSPS) is 10.5. The smallest absolute Gasteiger partial charge is 0.234 e. The van der Waals surface area contributed by atoms with Crippen LogP contribution in [0, 0.1) is 0 Å². The molecule has 0 aliphatic carbocycles. The molecule has 0 unspecified atom stereocenters. The van der Waals surface area contributed by atoms with Gasteiger partial charge in [-0.1, -0.05) is 35.0 Å².